The Bertz CT molecular complexity index is 1050. The second-order valence-corrected chi connectivity index (χ2v) is 7.56. The number of nitrogens with one attached hydrogen (secondary N) is 1. The average molecular weight is 426 g/mol. The molecule has 0 aliphatic carbocycles. The van der Waals surface area contributed by atoms with Gasteiger partial charge in [0.15, 0.2) is 6.61 Å². The van der Waals surface area contributed by atoms with Gasteiger partial charge < -0.3 is 19.5 Å². The molecule has 30 heavy (non-hydrogen) atoms. The summed E-state index contributed by atoms with van der Waals surface area (Å²) in [5.74, 6) is -0.0284. The maximum absolute atomic E-state index is 12.3. The summed E-state index contributed by atoms with van der Waals surface area (Å²) in [7, 11) is 1.52. The molecule has 1 aromatic heterocycles. The first kappa shape index (κ1) is 21.3. The van der Waals surface area contributed by atoms with Gasteiger partial charge >= 0.3 is 5.97 Å². The molecule has 0 bridgehead atoms. The van der Waals surface area contributed by atoms with E-state index < -0.39 is 18.5 Å². The Labute approximate surface area is 178 Å². The zero-order chi connectivity index (χ0) is 21.5. The molecule has 0 aliphatic rings. The Morgan fingerprint density at radius 2 is 1.97 bits per heavy atom. The van der Waals surface area contributed by atoms with Gasteiger partial charge in [-0.25, -0.2) is 9.78 Å². The smallest absolute Gasteiger partial charge is 0.338 e. The largest absolute Gasteiger partial charge is 0.495 e. The van der Waals surface area contributed by atoms with Gasteiger partial charge in [0.05, 0.1) is 29.1 Å². The highest BCUT2D eigenvalue weighted by atomic mass is 32.1. The molecule has 0 atom stereocenters. The van der Waals surface area contributed by atoms with Gasteiger partial charge in [0.2, 0.25) is 0 Å². The van der Waals surface area contributed by atoms with Crippen molar-refractivity contribution in [1.82, 2.24) is 4.98 Å². The number of esters is 1. The molecule has 0 spiro atoms. The first-order valence-electron chi connectivity index (χ1n) is 9.20. The van der Waals surface area contributed by atoms with Crippen LogP contribution in [0.2, 0.25) is 0 Å². The van der Waals surface area contributed by atoms with Crippen LogP contribution < -0.4 is 14.8 Å². The van der Waals surface area contributed by atoms with Crippen molar-refractivity contribution in [3.63, 3.8) is 0 Å². The van der Waals surface area contributed by atoms with Crippen LogP contribution in [0.5, 0.6) is 11.5 Å². The van der Waals surface area contributed by atoms with Gasteiger partial charge in [0.1, 0.15) is 18.1 Å². The summed E-state index contributed by atoms with van der Waals surface area (Å²) in [4.78, 5) is 28.8. The summed E-state index contributed by atoms with van der Waals surface area (Å²) in [6, 6.07) is 12.0. The Balaban J connectivity index is 1.54. The molecule has 0 saturated heterocycles. The molecule has 0 aliphatic heterocycles. The predicted molar refractivity (Wildman–Crippen MR) is 114 cm³/mol. The van der Waals surface area contributed by atoms with E-state index in [2.05, 4.69) is 10.3 Å². The zero-order valence-corrected chi connectivity index (χ0v) is 17.7. The van der Waals surface area contributed by atoms with Crippen LogP contribution in [0.1, 0.15) is 26.6 Å². The molecule has 0 unspecified atom stereocenters. The normalized spacial score (nSPS) is 10.4. The van der Waals surface area contributed by atoms with Crippen LogP contribution in [0.3, 0.4) is 0 Å². The van der Waals surface area contributed by atoms with Crippen LogP contribution in [0.15, 0.2) is 47.8 Å². The van der Waals surface area contributed by atoms with Crippen molar-refractivity contribution >= 4 is 28.9 Å². The molecule has 0 radical (unpaired) electrons. The van der Waals surface area contributed by atoms with Crippen LogP contribution >= 0.6 is 11.3 Å². The highest BCUT2D eigenvalue weighted by Crippen LogP contribution is 2.25. The van der Waals surface area contributed by atoms with E-state index in [9.17, 15) is 9.59 Å². The molecule has 2 aromatic carbocycles. The number of rotatable bonds is 8. The van der Waals surface area contributed by atoms with Gasteiger partial charge in [-0.1, -0.05) is 12.1 Å². The summed E-state index contributed by atoms with van der Waals surface area (Å²) >= 11 is 1.55. The van der Waals surface area contributed by atoms with Crippen molar-refractivity contribution < 1.29 is 23.8 Å². The second kappa shape index (κ2) is 9.89. The van der Waals surface area contributed by atoms with Crippen molar-refractivity contribution in [1.29, 1.82) is 0 Å². The van der Waals surface area contributed by atoms with E-state index in [1.807, 2.05) is 25.3 Å². The quantitative estimate of drug-likeness (QED) is 0.545. The van der Waals surface area contributed by atoms with Crippen molar-refractivity contribution in [3.05, 3.63) is 69.7 Å². The number of carbonyl (C=O) groups excluding carboxylic acids is 2. The molecule has 3 rings (SSSR count). The number of methoxy groups -OCH3 is 1. The number of thiazole rings is 1. The van der Waals surface area contributed by atoms with Crippen molar-refractivity contribution in [2.75, 3.05) is 19.0 Å². The molecule has 1 amide bonds. The average Bonchev–Trinajstić information content (AvgIpc) is 3.16. The molecule has 156 valence electrons. The van der Waals surface area contributed by atoms with E-state index in [0.29, 0.717) is 29.4 Å². The summed E-state index contributed by atoms with van der Waals surface area (Å²) in [5, 5.41) is 5.58. The molecule has 3 aromatic rings. The lowest BCUT2D eigenvalue weighted by Crippen LogP contribution is -2.21. The molecule has 1 N–H and O–H groups in total. The zero-order valence-electron chi connectivity index (χ0n) is 16.9. The first-order valence-corrected chi connectivity index (χ1v) is 10.1. The van der Waals surface area contributed by atoms with E-state index >= 15 is 0 Å². The fourth-order valence-electron chi connectivity index (χ4n) is 2.66. The third-order valence-corrected chi connectivity index (χ3v) is 4.91. The van der Waals surface area contributed by atoms with Gasteiger partial charge in [0.25, 0.3) is 5.91 Å². The first-order chi connectivity index (χ1) is 14.4. The summed E-state index contributed by atoms with van der Waals surface area (Å²) in [5.41, 5.74) is 2.61. The van der Waals surface area contributed by atoms with Crippen LogP contribution in [-0.2, 0) is 16.1 Å². The number of amides is 1. The minimum Gasteiger partial charge on any atom is -0.495 e. The number of nitrogens with zero attached hydrogens (tertiary/aromatic N) is 1. The molecule has 8 heteroatoms. The van der Waals surface area contributed by atoms with Gasteiger partial charge in [-0.15, -0.1) is 11.3 Å². The summed E-state index contributed by atoms with van der Waals surface area (Å²) in [6.07, 6.45) is 0. The number of carbonyl (C=O) groups is 2. The number of hydrogen-bond acceptors (Lipinski definition) is 7. The molecular formula is C22H22N2O5S. The molecule has 7 nitrogen and oxygen atoms in total. The number of ether oxygens (including phenoxy) is 3. The van der Waals surface area contributed by atoms with E-state index in [-0.39, 0.29) is 0 Å². The number of aromatic nitrogens is 1. The van der Waals surface area contributed by atoms with Crippen LogP contribution in [0, 0.1) is 13.8 Å². The minimum absolute atomic E-state index is 0.294. The van der Waals surface area contributed by atoms with Crippen molar-refractivity contribution in [2.45, 2.75) is 20.5 Å². The molecule has 0 fully saturated rings. The highest BCUT2D eigenvalue weighted by molar-refractivity contribution is 7.09. The van der Waals surface area contributed by atoms with E-state index in [1.165, 1.54) is 7.11 Å². The maximum atomic E-state index is 12.3. The lowest BCUT2D eigenvalue weighted by molar-refractivity contribution is -0.119. The predicted octanol–water partition coefficient (Wildman–Crippen LogP) is 4.14. The third-order valence-electron chi connectivity index (χ3n) is 4.09. The SMILES string of the molecule is COc1ccc(C)cc1NC(=O)COC(=O)c1cccc(OCc2csc(C)n2)c1. The van der Waals surface area contributed by atoms with E-state index in [1.54, 1.807) is 47.7 Å². The Kier molecular flexibility index (Phi) is 7.03. The molecule has 1 heterocycles. The Morgan fingerprint density at radius 1 is 1.13 bits per heavy atom. The Morgan fingerprint density at radius 3 is 2.70 bits per heavy atom. The third kappa shape index (κ3) is 5.81. The van der Waals surface area contributed by atoms with Gasteiger partial charge in [-0.3, -0.25) is 4.79 Å². The van der Waals surface area contributed by atoms with Gasteiger partial charge in [-0.2, -0.15) is 0 Å². The number of benzene rings is 2. The van der Waals surface area contributed by atoms with Crippen LogP contribution in [0.25, 0.3) is 0 Å². The van der Waals surface area contributed by atoms with Crippen molar-refractivity contribution in [3.8, 4) is 11.5 Å². The maximum Gasteiger partial charge on any atom is 0.338 e. The Hall–Kier alpha value is -3.39. The van der Waals surface area contributed by atoms with Crippen molar-refractivity contribution in [2.24, 2.45) is 0 Å². The van der Waals surface area contributed by atoms with E-state index in [4.69, 9.17) is 14.2 Å². The second-order valence-electron chi connectivity index (χ2n) is 6.50. The minimum atomic E-state index is -0.615. The van der Waals surface area contributed by atoms with Gasteiger partial charge in [-0.05, 0) is 49.7 Å². The number of anilines is 1. The molecule has 0 saturated carbocycles. The lowest BCUT2D eigenvalue weighted by Gasteiger charge is -2.11. The molecular weight excluding hydrogens is 404 g/mol. The van der Waals surface area contributed by atoms with Crippen LogP contribution in [0.4, 0.5) is 5.69 Å². The standard InChI is InChI=1S/C22H22N2O5S/c1-14-7-8-20(27-3)19(9-14)24-21(25)12-29-22(26)16-5-4-6-18(10-16)28-11-17-13-30-15(2)23-17/h4-10,13H,11-12H2,1-3H3,(H,24,25). The summed E-state index contributed by atoms with van der Waals surface area (Å²) in [6.45, 7) is 3.72. The van der Waals surface area contributed by atoms with Crippen LogP contribution in [-0.4, -0.2) is 30.6 Å². The monoisotopic (exact) mass is 426 g/mol. The van der Waals surface area contributed by atoms with Gasteiger partial charge in [0, 0.05) is 5.38 Å². The number of hydrogen-bond donors (Lipinski definition) is 1. The lowest BCUT2D eigenvalue weighted by atomic mass is 10.2. The highest BCUT2D eigenvalue weighted by Gasteiger charge is 2.13. The number of aryl methyl sites for hydroxylation is 2. The van der Waals surface area contributed by atoms with E-state index in [0.717, 1.165) is 16.3 Å². The topological polar surface area (TPSA) is 86.8 Å². The fourth-order valence-corrected chi connectivity index (χ4v) is 3.26. The summed E-state index contributed by atoms with van der Waals surface area (Å²) < 4.78 is 16.0. The fraction of sp³-hybridized carbons (Fsp3) is 0.227.